The topological polar surface area (TPSA) is 36.9 Å². The second-order valence-corrected chi connectivity index (χ2v) is 26.9. The molecule has 0 spiro atoms. The summed E-state index contributed by atoms with van der Waals surface area (Å²) in [6, 6.07) is 44.8. The lowest BCUT2D eigenvalue weighted by Gasteiger charge is -2.21. The second kappa shape index (κ2) is 31.0. The highest BCUT2D eigenvalue weighted by Gasteiger charge is 2.22. The number of benzene rings is 4. The van der Waals surface area contributed by atoms with E-state index in [9.17, 15) is 0 Å². The smallest absolute Gasteiger partial charge is 0.127 e. The quantitative estimate of drug-likeness (QED) is 0.0371. The highest BCUT2D eigenvalue weighted by molar-refractivity contribution is 7.26. The van der Waals surface area contributed by atoms with Crippen molar-refractivity contribution in [2.24, 2.45) is 0 Å². The first-order chi connectivity index (χ1) is 39.7. The Bertz CT molecular complexity index is 3150. The number of thiophene rings is 6. The molecule has 4 aromatic carbocycles. The van der Waals surface area contributed by atoms with Crippen molar-refractivity contribution < 1.29 is 18.9 Å². The Morgan fingerprint density at radius 2 is 0.713 bits per heavy atom. The lowest BCUT2D eigenvalue weighted by molar-refractivity contribution is 0.125. The molecule has 0 aliphatic heterocycles. The summed E-state index contributed by atoms with van der Waals surface area (Å²) in [4.78, 5) is 10.7. The molecule has 10 aromatic rings. The van der Waals surface area contributed by atoms with Crippen LogP contribution in [0.5, 0.6) is 11.5 Å². The third-order valence-corrected chi connectivity index (χ3v) is 21.8. The van der Waals surface area contributed by atoms with Crippen LogP contribution in [0.3, 0.4) is 0 Å². The van der Waals surface area contributed by atoms with Crippen molar-refractivity contribution in [2.45, 2.75) is 143 Å². The van der Waals surface area contributed by atoms with E-state index >= 15 is 0 Å². The molecule has 0 aliphatic carbocycles. The predicted octanol–water partition coefficient (Wildman–Crippen LogP) is 23.3. The van der Waals surface area contributed by atoms with Gasteiger partial charge < -0.3 is 18.9 Å². The molecule has 0 saturated heterocycles. The van der Waals surface area contributed by atoms with Crippen LogP contribution in [0.1, 0.15) is 139 Å². The van der Waals surface area contributed by atoms with E-state index < -0.39 is 0 Å². The minimum absolute atomic E-state index is 0.514. The van der Waals surface area contributed by atoms with Gasteiger partial charge in [-0.05, 0) is 140 Å². The van der Waals surface area contributed by atoms with Gasteiger partial charge in [-0.15, -0.1) is 68.0 Å². The van der Waals surface area contributed by atoms with Crippen LogP contribution in [-0.4, -0.2) is 26.4 Å². The molecule has 0 N–H and O–H groups in total. The number of unbranched alkanes of at least 4 members (excludes halogenated alkanes) is 14. The molecule has 0 saturated carbocycles. The van der Waals surface area contributed by atoms with Crippen LogP contribution in [0, 0.1) is 0 Å². The van der Waals surface area contributed by atoms with Crippen LogP contribution in [-0.2, 0) is 35.5 Å². The van der Waals surface area contributed by atoms with Gasteiger partial charge in [0.05, 0.1) is 39.6 Å². The fourth-order valence-electron chi connectivity index (χ4n) is 10.9. The lowest BCUT2D eigenvalue weighted by Crippen LogP contribution is -2.04. The van der Waals surface area contributed by atoms with Crippen LogP contribution in [0.15, 0.2) is 143 Å². The number of ether oxygens (including phenoxy) is 4. The average molecular weight is 1180 g/mol. The number of hydrogen-bond donors (Lipinski definition) is 0. The van der Waals surface area contributed by atoms with Crippen LogP contribution in [0.25, 0.3) is 71.7 Å². The van der Waals surface area contributed by atoms with Gasteiger partial charge in [0.25, 0.3) is 0 Å². The summed E-state index contributed by atoms with van der Waals surface area (Å²) in [5.41, 5.74) is 7.25. The van der Waals surface area contributed by atoms with Crippen molar-refractivity contribution in [1.82, 2.24) is 0 Å². The van der Waals surface area contributed by atoms with Crippen LogP contribution in [0.4, 0.5) is 0 Å². The summed E-state index contributed by atoms with van der Waals surface area (Å²) in [6.07, 6.45) is 21.8. The van der Waals surface area contributed by atoms with Crippen LogP contribution in [0.2, 0.25) is 0 Å². The van der Waals surface area contributed by atoms with Crippen LogP contribution >= 0.6 is 68.0 Å². The van der Waals surface area contributed by atoms with E-state index in [2.05, 4.69) is 157 Å². The molecule has 418 valence electrons. The molecule has 4 nitrogen and oxygen atoms in total. The van der Waals surface area contributed by atoms with E-state index in [0.717, 1.165) is 59.1 Å². The first-order valence-corrected chi connectivity index (χ1v) is 34.7. The third-order valence-electron chi connectivity index (χ3n) is 15.2. The molecule has 80 heavy (non-hydrogen) atoms. The molecule has 6 aromatic heterocycles. The molecule has 0 bridgehead atoms. The Morgan fingerprint density at radius 3 is 1.10 bits per heavy atom. The van der Waals surface area contributed by atoms with E-state index in [0.29, 0.717) is 39.6 Å². The van der Waals surface area contributed by atoms with Crippen molar-refractivity contribution in [2.75, 3.05) is 26.4 Å². The molecule has 0 radical (unpaired) electrons. The summed E-state index contributed by atoms with van der Waals surface area (Å²) in [6.45, 7) is 8.22. The first-order valence-electron chi connectivity index (χ1n) is 29.6. The van der Waals surface area contributed by atoms with E-state index in [-0.39, 0.29) is 0 Å². The summed E-state index contributed by atoms with van der Waals surface area (Å²) < 4.78 is 27.4. The Balaban J connectivity index is 0.937. The molecule has 0 atom stereocenters. The average Bonchev–Trinajstić information content (AvgIpc) is 4.37. The Morgan fingerprint density at radius 1 is 0.325 bits per heavy atom. The van der Waals surface area contributed by atoms with Gasteiger partial charge in [0.15, 0.2) is 0 Å². The zero-order chi connectivity index (χ0) is 54.6. The van der Waals surface area contributed by atoms with E-state index in [4.69, 9.17) is 18.9 Å². The van der Waals surface area contributed by atoms with E-state index in [1.807, 2.05) is 68.0 Å². The highest BCUT2D eigenvalue weighted by atomic mass is 32.1. The van der Waals surface area contributed by atoms with E-state index in [1.54, 1.807) is 0 Å². The standard InChI is InChI=1S/C70H78O4S6/c1-3-5-7-9-11-13-15-17-39-73-59-35-33-55-53(49-71-41-37-51-47-65(61-29-21-43-75-61)79-69(51)63-31-23-45-77-63)25-19-27-57(55)67(59)68-58-28-20-26-54(56(58)34-36-60(68)74-40-18-16-14-12-10-8-6-4-2)50-72-42-38-52-48-66(62-30-22-44-76-62)80-70(52)64-32-24-46-78-64/h19-36,43-48H,3-18,37-42,49-50H2,1-2H3. The van der Waals surface area contributed by atoms with Crippen molar-refractivity contribution in [3.05, 3.63) is 165 Å². The lowest BCUT2D eigenvalue weighted by atomic mass is 9.90. The van der Waals surface area contributed by atoms with Crippen molar-refractivity contribution in [3.63, 3.8) is 0 Å². The monoisotopic (exact) mass is 1170 g/mol. The minimum Gasteiger partial charge on any atom is -0.493 e. The SMILES string of the molecule is CCCCCCCCCCOc1ccc2c(COCCc3cc(-c4cccs4)sc3-c3cccs3)cccc2c1-c1c(OCCCCCCCCCC)ccc2c(COCCc3cc(-c4cccs4)sc3-c3cccs3)cccc12. The maximum absolute atomic E-state index is 7.01. The molecule has 0 unspecified atom stereocenters. The molecular formula is C70H78O4S6. The molecule has 0 amide bonds. The fourth-order valence-corrected chi connectivity index (χ4v) is 16.8. The second-order valence-electron chi connectivity index (χ2n) is 21.0. The third kappa shape index (κ3) is 15.4. The van der Waals surface area contributed by atoms with Crippen LogP contribution < -0.4 is 9.47 Å². The summed E-state index contributed by atoms with van der Waals surface area (Å²) in [7, 11) is 0. The zero-order valence-corrected chi connectivity index (χ0v) is 51.8. The molecule has 6 heterocycles. The normalized spacial score (nSPS) is 11.7. The van der Waals surface area contributed by atoms with Gasteiger partial charge in [0, 0.05) is 50.1 Å². The van der Waals surface area contributed by atoms with Gasteiger partial charge in [0.2, 0.25) is 0 Å². The maximum Gasteiger partial charge on any atom is 0.127 e. The highest BCUT2D eigenvalue weighted by Crippen LogP contribution is 2.48. The number of hydrogen-bond acceptors (Lipinski definition) is 10. The minimum atomic E-state index is 0.514. The summed E-state index contributed by atoms with van der Waals surface area (Å²) in [5.74, 6) is 1.81. The number of rotatable bonds is 35. The largest absolute Gasteiger partial charge is 0.493 e. The number of fused-ring (bicyclic) bond motifs is 2. The van der Waals surface area contributed by atoms with Gasteiger partial charge in [-0.2, -0.15) is 0 Å². The van der Waals surface area contributed by atoms with Gasteiger partial charge in [-0.3, -0.25) is 0 Å². The van der Waals surface area contributed by atoms with Crippen molar-refractivity contribution in [1.29, 1.82) is 0 Å². The van der Waals surface area contributed by atoms with E-state index in [1.165, 1.54) is 162 Å². The fraction of sp³-hybridized carbons (Fsp3) is 0.371. The predicted molar refractivity (Wildman–Crippen MR) is 352 cm³/mol. The van der Waals surface area contributed by atoms with Gasteiger partial charge in [0.1, 0.15) is 11.5 Å². The zero-order valence-electron chi connectivity index (χ0n) is 46.9. The Hall–Kier alpha value is -4.88. The van der Waals surface area contributed by atoms with Gasteiger partial charge >= 0.3 is 0 Å². The summed E-state index contributed by atoms with van der Waals surface area (Å²) in [5, 5.41) is 13.4. The first kappa shape index (κ1) is 58.3. The summed E-state index contributed by atoms with van der Waals surface area (Å²) >= 11 is 11.0. The Kier molecular flexibility index (Phi) is 22.6. The molecular weight excluding hydrogens is 1100 g/mol. The molecule has 0 fully saturated rings. The van der Waals surface area contributed by atoms with Crippen molar-refractivity contribution >= 4 is 89.6 Å². The molecule has 10 heteroatoms. The van der Waals surface area contributed by atoms with Gasteiger partial charge in [-0.1, -0.05) is 177 Å². The maximum atomic E-state index is 7.01. The Labute approximate surface area is 500 Å². The van der Waals surface area contributed by atoms with Gasteiger partial charge in [-0.25, -0.2) is 0 Å². The van der Waals surface area contributed by atoms with Crippen molar-refractivity contribution in [3.8, 4) is 61.6 Å². The molecule has 10 rings (SSSR count). The molecule has 0 aliphatic rings.